The van der Waals surface area contributed by atoms with Crippen molar-refractivity contribution in [2.75, 3.05) is 6.54 Å². The number of carbonyl (C=O) groups excluding carboxylic acids is 1. The van der Waals surface area contributed by atoms with Crippen molar-refractivity contribution < 1.29 is 19.0 Å². The fourth-order valence-corrected chi connectivity index (χ4v) is 4.45. The number of aliphatic hydroxyl groups is 1. The maximum absolute atomic E-state index is 13.3. The molecular weight excluding hydrogens is 433 g/mol. The number of pyridine rings is 1. The van der Waals surface area contributed by atoms with Crippen molar-refractivity contribution in [2.45, 2.75) is 84.6 Å². The summed E-state index contributed by atoms with van der Waals surface area (Å²) in [5, 5.41) is 17.3. The van der Waals surface area contributed by atoms with Crippen molar-refractivity contribution in [2.24, 2.45) is 5.41 Å². The molecule has 2 heterocycles. The first-order chi connectivity index (χ1) is 15.8. The molecule has 0 aliphatic carbocycles. The van der Waals surface area contributed by atoms with Crippen LogP contribution in [-0.4, -0.2) is 40.3 Å². The Bertz CT molecular complexity index is 986. The summed E-state index contributed by atoms with van der Waals surface area (Å²) in [7, 11) is 0. The average molecular weight is 472 g/mol. The van der Waals surface area contributed by atoms with Crippen LogP contribution in [0.2, 0.25) is 0 Å². The largest absolute Gasteiger partial charge is 0.486 e. The number of aromatic nitrogens is 1. The Labute approximate surface area is 202 Å². The number of hydrogen-bond donors (Lipinski definition) is 3. The molecule has 7 heteroatoms. The number of benzene rings is 1. The first-order valence-corrected chi connectivity index (χ1v) is 11.9. The van der Waals surface area contributed by atoms with Gasteiger partial charge in [0.1, 0.15) is 17.2 Å². The van der Waals surface area contributed by atoms with Crippen LogP contribution in [0.15, 0.2) is 36.5 Å². The number of fused-ring (bicyclic) bond motifs is 1. The number of hydrogen-bond acceptors (Lipinski definition) is 5. The van der Waals surface area contributed by atoms with Gasteiger partial charge in [-0.05, 0) is 55.9 Å². The summed E-state index contributed by atoms with van der Waals surface area (Å²) in [5.41, 5.74) is 2.62. The molecule has 3 N–H and O–H groups in total. The summed E-state index contributed by atoms with van der Waals surface area (Å²) in [6, 6.07) is 7.68. The lowest BCUT2D eigenvalue weighted by atomic mass is 9.87. The number of carbonyl (C=O) groups is 1. The number of amides is 1. The lowest BCUT2D eigenvalue weighted by Gasteiger charge is -2.38. The normalized spacial score (nSPS) is 19.0. The van der Waals surface area contributed by atoms with Gasteiger partial charge in [-0.3, -0.25) is 9.78 Å². The van der Waals surface area contributed by atoms with Crippen LogP contribution in [0.25, 0.3) is 0 Å². The molecule has 1 aromatic carbocycles. The molecule has 3 rings (SSSR count). The molecule has 0 radical (unpaired) electrons. The van der Waals surface area contributed by atoms with E-state index in [9.17, 15) is 14.3 Å². The zero-order valence-electron chi connectivity index (χ0n) is 21.1. The minimum absolute atomic E-state index is 0.0288. The molecule has 1 aliphatic heterocycles. The Morgan fingerprint density at radius 2 is 1.97 bits per heavy atom. The molecule has 0 saturated carbocycles. The van der Waals surface area contributed by atoms with Gasteiger partial charge in [-0.15, -0.1) is 0 Å². The van der Waals surface area contributed by atoms with E-state index in [4.69, 9.17) is 4.74 Å². The second-order valence-corrected chi connectivity index (χ2v) is 11.2. The second kappa shape index (κ2) is 10.4. The molecule has 3 atom stereocenters. The van der Waals surface area contributed by atoms with Crippen molar-refractivity contribution >= 4 is 5.91 Å². The zero-order valence-corrected chi connectivity index (χ0v) is 21.1. The fourth-order valence-electron chi connectivity index (χ4n) is 4.45. The van der Waals surface area contributed by atoms with E-state index >= 15 is 0 Å². The molecule has 2 aromatic rings. The summed E-state index contributed by atoms with van der Waals surface area (Å²) in [5.74, 6) is 0.218. The van der Waals surface area contributed by atoms with Crippen molar-refractivity contribution in [3.63, 3.8) is 0 Å². The van der Waals surface area contributed by atoms with Crippen LogP contribution in [0.3, 0.4) is 0 Å². The van der Waals surface area contributed by atoms with E-state index in [1.807, 2.05) is 13.8 Å². The standard InChI is InChI=1S/C27H38FN3O3/c1-17(32)31-22(11-18-7-9-19(28)10-8-18)24(33)15-30-23-14-27(5,6)34-25-16-29-20(12-21(23)25)13-26(2,3)4/h7-10,12,16,22-24,30,33H,11,13-15H2,1-6H3,(H,31,32)/t22-,23-,24-/m0/s1. The van der Waals surface area contributed by atoms with Crippen LogP contribution in [0.4, 0.5) is 4.39 Å². The summed E-state index contributed by atoms with van der Waals surface area (Å²) >= 11 is 0. The summed E-state index contributed by atoms with van der Waals surface area (Å²) in [6.45, 7) is 12.3. The smallest absolute Gasteiger partial charge is 0.217 e. The minimum atomic E-state index is -0.834. The van der Waals surface area contributed by atoms with Crippen molar-refractivity contribution in [1.29, 1.82) is 0 Å². The molecule has 0 spiro atoms. The van der Waals surface area contributed by atoms with Crippen LogP contribution in [-0.2, 0) is 17.6 Å². The van der Waals surface area contributed by atoms with Gasteiger partial charge in [-0.1, -0.05) is 32.9 Å². The predicted molar refractivity (Wildman–Crippen MR) is 131 cm³/mol. The van der Waals surface area contributed by atoms with Crippen LogP contribution < -0.4 is 15.4 Å². The fraction of sp³-hybridized carbons (Fsp3) is 0.556. The third kappa shape index (κ3) is 7.50. The van der Waals surface area contributed by atoms with Gasteiger partial charge in [0.05, 0.1) is 18.3 Å². The summed E-state index contributed by atoms with van der Waals surface area (Å²) in [4.78, 5) is 16.4. The number of aliphatic hydroxyl groups excluding tert-OH is 1. The van der Waals surface area contributed by atoms with Gasteiger partial charge >= 0.3 is 0 Å². The van der Waals surface area contributed by atoms with Crippen LogP contribution in [0.1, 0.15) is 70.8 Å². The number of nitrogens with zero attached hydrogens (tertiary/aromatic N) is 1. The highest BCUT2D eigenvalue weighted by atomic mass is 19.1. The third-order valence-electron chi connectivity index (χ3n) is 5.92. The molecule has 1 aromatic heterocycles. The highest BCUT2D eigenvalue weighted by Crippen LogP contribution is 2.39. The van der Waals surface area contributed by atoms with Gasteiger partial charge in [0, 0.05) is 37.2 Å². The van der Waals surface area contributed by atoms with E-state index in [1.54, 1.807) is 18.3 Å². The SMILES string of the molecule is CC(=O)N[C@@H](Cc1ccc(F)cc1)[C@@H](O)CN[C@H]1CC(C)(C)Oc2cnc(CC(C)(C)C)cc21. The summed E-state index contributed by atoms with van der Waals surface area (Å²) < 4.78 is 19.5. The van der Waals surface area contributed by atoms with Gasteiger partial charge in [0.2, 0.25) is 5.91 Å². The lowest BCUT2D eigenvalue weighted by Crippen LogP contribution is -2.49. The van der Waals surface area contributed by atoms with E-state index in [0.717, 1.165) is 35.4 Å². The highest BCUT2D eigenvalue weighted by molar-refractivity contribution is 5.73. The van der Waals surface area contributed by atoms with Crippen molar-refractivity contribution in [3.05, 3.63) is 59.2 Å². The molecule has 1 aliphatic rings. The number of rotatable bonds is 8. The predicted octanol–water partition coefficient (Wildman–Crippen LogP) is 4.11. The lowest BCUT2D eigenvalue weighted by molar-refractivity contribution is -0.120. The van der Waals surface area contributed by atoms with Crippen molar-refractivity contribution in [3.8, 4) is 5.75 Å². The molecule has 0 unspecified atom stereocenters. The van der Waals surface area contributed by atoms with Gasteiger partial charge in [-0.25, -0.2) is 4.39 Å². The molecule has 0 fully saturated rings. The first kappa shape index (κ1) is 26.1. The topological polar surface area (TPSA) is 83.5 Å². The summed E-state index contributed by atoms with van der Waals surface area (Å²) in [6.07, 6.45) is 2.95. The van der Waals surface area contributed by atoms with E-state index in [2.05, 4.69) is 42.5 Å². The average Bonchev–Trinajstić information content (AvgIpc) is 2.71. The molecule has 6 nitrogen and oxygen atoms in total. The molecule has 0 bridgehead atoms. The zero-order chi connectivity index (χ0) is 25.1. The third-order valence-corrected chi connectivity index (χ3v) is 5.92. The maximum atomic E-state index is 13.3. The molecule has 1 amide bonds. The Morgan fingerprint density at radius 1 is 1.29 bits per heavy atom. The number of nitrogens with one attached hydrogen (secondary N) is 2. The Morgan fingerprint density at radius 3 is 2.59 bits per heavy atom. The van der Waals surface area contributed by atoms with E-state index in [0.29, 0.717) is 6.42 Å². The van der Waals surface area contributed by atoms with Crippen LogP contribution in [0, 0.1) is 11.2 Å². The highest BCUT2D eigenvalue weighted by Gasteiger charge is 2.35. The van der Waals surface area contributed by atoms with E-state index in [1.165, 1.54) is 19.1 Å². The maximum Gasteiger partial charge on any atom is 0.217 e. The Hall–Kier alpha value is -2.51. The number of halogens is 1. The Kier molecular flexibility index (Phi) is 7.98. The number of ether oxygens (including phenoxy) is 1. The monoisotopic (exact) mass is 471 g/mol. The van der Waals surface area contributed by atoms with Gasteiger partial charge in [0.25, 0.3) is 0 Å². The van der Waals surface area contributed by atoms with Crippen molar-refractivity contribution in [1.82, 2.24) is 15.6 Å². The van der Waals surface area contributed by atoms with Gasteiger partial charge in [-0.2, -0.15) is 0 Å². The first-order valence-electron chi connectivity index (χ1n) is 11.9. The molecular formula is C27H38FN3O3. The molecule has 0 saturated heterocycles. The molecule has 34 heavy (non-hydrogen) atoms. The Balaban J connectivity index is 1.75. The van der Waals surface area contributed by atoms with E-state index < -0.39 is 12.1 Å². The van der Waals surface area contributed by atoms with Crippen LogP contribution >= 0.6 is 0 Å². The van der Waals surface area contributed by atoms with Gasteiger partial charge in [0.15, 0.2) is 0 Å². The van der Waals surface area contributed by atoms with E-state index in [-0.39, 0.29) is 35.3 Å². The second-order valence-electron chi connectivity index (χ2n) is 11.2. The quantitative estimate of drug-likeness (QED) is 0.540. The van der Waals surface area contributed by atoms with Crippen LogP contribution in [0.5, 0.6) is 5.75 Å². The van der Waals surface area contributed by atoms with Gasteiger partial charge < -0.3 is 20.5 Å². The minimum Gasteiger partial charge on any atom is -0.486 e. The molecule has 186 valence electrons.